The highest BCUT2D eigenvalue weighted by Crippen LogP contribution is 2.33. The van der Waals surface area contributed by atoms with E-state index < -0.39 is 20.7 Å². The molecule has 2 aliphatic rings. The summed E-state index contributed by atoms with van der Waals surface area (Å²) >= 11 is 0. The van der Waals surface area contributed by atoms with Gasteiger partial charge in [-0.05, 0) is 12.5 Å². The smallest absolute Gasteiger partial charge is 0.270 e. The summed E-state index contributed by atoms with van der Waals surface area (Å²) in [5.41, 5.74) is -0.237. The summed E-state index contributed by atoms with van der Waals surface area (Å²) in [4.78, 5) is 10.2. The molecule has 2 aliphatic heterocycles. The summed E-state index contributed by atoms with van der Waals surface area (Å²) in [6.07, 6.45) is 1.76. The first-order valence-electron chi connectivity index (χ1n) is 7.46. The Morgan fingerprint density at radius 3 is 2.43 bits per heavy atom. The van der Waals surface area contributed by atoms with Crippen molar-refractivity contribution in [3.8, 4) is 0 Å². The van der Waals surface area contributed by atoms with Crippen LogP contribution in [-0.2, 0) is 19.5 Å². The molecule has 2 fully saturated rings. The molecule has 8 nitrogen and oxygen atoms in total. The van der Waals surface area contributed by atoms with Gasteiger partial charge in [-0.1, -0.05) is 6.07 Å². The summed E-state index contributed by atoms with van der Waals surface area (Å²) in [6.45, 7) is 1.78. The zero-order chi connectivity index (χ0) is 16.5. The van der Waals surface area contributed by atoms with Gasteiger partial charge < -0.3 is 9.47 Å². The van der Waals surface area contributed by atoms with Gasteiger partial charge in [-0.15, -0.1) is 0 Å². The quantitative estimate of drug-likeness (QED) is 0.610. The zero-order valence-electron chi connectivity index (χ0n) is 12.5. The first-order chi connectivity index (χ1) is 10.9. The molecule has 1 spiro atoms. The summed E-state index contributed by atoms with van der Waals surface area (Å²) in [7, 11) is -3.76. The molecule has 0 amide bonds. The minimum atomic E-state index is -3.76. The monoisotopic (exact) mass is 342 g/mol. The van der Waals surface area contributed by atoms with Crippen molar-refractivity contribution < 1.29 is 22.8 Å². The largest absolute Gasteiger partial charge is 0.350 e. The molecule has 2 heterocycles. The second-order valence-corrected chi connectivity index (χ2v) is 7.56. The van der Waals surface area contributed by atoms with Gasteiger partial charge in [0.05, 0.1) is 23.0 Å². The van der Waals surface area contributed by atoms with Gasteiger partial charge >= 0.3 is 0 Å². The lowest BCUT2D eigenvalue weighted by Gasteiger charge is -2.42. The van der Waals surface area contributed by atoms with Crippen LogP contribution < -0.4 is 0 Å². The van der Waals surface area contributed by atoms with Crippen molar-refractivity contribution in [1.29, 1.82) is 0 Å². The molecule has 0 aliphatic carbocycles. The van der Waals surface area contributed by atoms with E-state index in [4.69, 9.17) is 9.47 Å². The van der Waals surface area contributed by atoms with Gasteiger partial charge in [-0.2, -0.15) is 4.31 Å². The lowest BCUT2D eigenvalue weighted by molar-refractivity contribution is -0.385. The van der Waals surface area contributed by atoms with Gasteiger partial charge in [0, 0.05) is 38.1 Å². The van der Waals surface area contributed by atoms with Crippen LogP contribution in [0.15, 0.2) is 29.2 Å². The second kappa shape index (κ2) is 6.16. The average molecular weight is 342 g/mol. The van der Waals surface area contributed by atoms with E-state index in [1.807, 2.05) is 0 Å². The molecule has 0 bridgehead atoms. The molecular weight excluding hydrogens is 324 g/mol. The highest BCUT2D eigenvalue weighted by molar-refractivity contribution is 7.89. The predicted molar refractivity (Wildman–Crippen MR) is 80.3 cm³/mol. The van der Waals surface area contributed by atoms with Crippen LogP contribution in [0.4, 0.5) is 5.69 Å². The molecule has 23 heavy (non-hydrogen) atoms. The molecule has 0 aromatic heterocycles. The Morgan fingerprint density at radius 1 is 1.17 bits per heavy atom. The number of nitrogens with zero attached hydrogens (tertiary/aromatic N) is 2. The Morgan fingerprint density at radius 2 is 1.83 bits per heavy atom. The number of sulfonamides is 1. The molecule has 0 saturated carbocycles. The fourth-order valence-corrected chi connectivity index (χ4v) is 4.36. The SMILES string of the molecule is O=[N+]([O-])c1cccc(S(=O)(=O)N2CCC3(CC2)OCCCO3)c1. The Labute approximate surface area is 134 Å². The van der Waals surface area contributed by atoms with Gasteiger partial charge in [0.2, 0.25) is 10.0 Å². The van der Waals surface area contributed by atoms with Crippen LogP contribution in [0.5, 0.6) is 0 Å². The average Bonchev–Trinajstić information content (AvgIpc) is 2.56. The molecule has 0 unspecified atom stereocenters. The van der Waals surface area contributed by atoms with Crippen molar-refractivity contribution >= 4 is 15.7 Å². The van der Waals surface area contributed by atoms with Crippen LogP contribution in [0, 0.1) is 10.1 Å². The number of nitro benzene ring substituents is 1. The topological polar surface area (TPSA) is 99.0 Å². The van der Waals surface area contributed by atoms with Crippen molar-refractivity contribution in [3.63, 3.8) is 0 Å². The van der Waals surface area contributed by atoms with E-state index in [0.717, 1.165) is 12.5 Å². The molecule has 0 N–H and O–H groups in total. The standard InChI is InChI=1S/C14H18N2O6S/c17-16(18)12-3-1-4-13(11-12)23(19,20)15-7-5-14(6-8-15)21-9-2-10-22-14/h1,3-4,11H,2,5-10H2. The number of non-ortho nitro benzene ring substituents is 1. The van der Waals surface area contributed by atoms with E-state index in [9.17, 15) is 18.5 Å². The summed E-state index contributed by atoms with van der Waals surface area (Å²) in [5.74, 6) is -0.674. The Hall–Kier alpha value is -1.55. The predicted octanol–water partition coefficient (Wildman–Crippen LogP) is 1.51. The summed E-state index contributed by atoms with van der Waals surface area (Å²) in [6, 6.07) is 5.12. The van der Waals surface area contributed by atoms with Crippen LogP contribution in [0.1, 0.15) is 19.3 Å². The summed E-state index contributed by atoms with van der Waals surface area (Å²) < 4.78 is 38.0. The maximum absolute atomic E-state index is 12.7. The van der Waals surface area contributed by atoms with E-state index in [0.29, 0.717) is 26.1 Å². The van der Waals surface area contributed by atoms with E-state index >= 15 is 0 Å². The van der Waals surface area contributed by atoms with Crippen molar-refractivity contribution in [2.24, 2.45) is 0 Å². The van der Waals surface area contributed by atoms with Gasteiger partial charge in [0.15, 0.2) is 5.79 Å². The third-order valence-electron chi connectivity index (χ3n) is 4.17. The van der Waals surface area contributed by atoms with Crippen LogP contribution >= 0.6 is 0 Å². The number of ether oxygens (including phenoxy) is 2. The van der Waals surface area contributed by atoms with Crippen LogP contribution in [0.2, 0.25) is 0 Å². The molecule has 1 aromatic rings. The molecular formula is C14H18N2O6S. The molecule has 3 rings (SSSR count). The number of nitro groups is 1. The van der Waals surface area contributed by atoms with Gasteiger partial charge in [0.25, 0.3) is 5.69 Å². The fourth-order valence-electron chi connectivity index (χ4n) is 2.88. The van der Waals surface area contributed by atoms with Crippen LogP contribution in [-0.4, -0.2) is 49.7 Å². The molecule has 0 radical (unpaired) electrons. The Balaban J connectivity index is 1.76. The first-order valence-corrected chi connectivity index (χ1v) is 8.90. The van der Waals surface area contributed by atoms with Crippen LogP contribution in [0.25, 0.3) is 0 Å². The number of hydrogen-bond donors (Lipinski definition) is 0. The minimum Gasteiger partial charge on any atom is -0.350 e. The molecule has 0 atom stereocenters. The Kier molecular flexibility index (Phi) is 4.37. The number of rotatable bonds is 3. The minimum absolute atomic E-state index is 0.0619. The van der Waals surface area contributed by atoms with E-state index in [1.165, 1.54) is 22.5 Å². The molecule has 126 valence electrons. The third kappa shape index (κ3) is 3.23. The number of benzene rings is 1. The maximum atomic E-state index is 12.7. The van der Waals surface area contributed by atoms with Crippen LogP contribution in [0.3, 0.4) is 0 Å². The van der Waals surface area contributed by atoms with Gasteiger partial charge in [0.1, 0.15) is 0 Å². The zero-order valence-corrected chi connectivity index (χ0v) is 13.3. The Bertz CT molecular complexity index is 689. The first kappa shape index (κ1) is 16.3. The highest BCUT2D eigenvalue weighted by atomic mass is 32.2. The van der Waals surface area contributed by atoms with E-state index in [1.54, 1.807) is 0 Å². The van der Waals surface area contributed by atoms with Crippen molar-refractivity contribution in [1.82, 2.24) is 4.31 Å². The fraction of sp³-hybridized carbons (Fsp3) is 0.571. The lowest BCUT2D eigenvalue weighted by Crippen LogP contribution is -2.51. The second-order valence-electron chi connectivity index (χ2n) is 5.62. The highest BCUT2D eigenvalue weighted by Gasteiger charge is 2.41. The number of hydrogen-bond acceptors (Lipinski definition) is 6. The van der Waals surface area contributed by atoms with Crippen molar-refractivity contribution in [2.45, 2.75) is 29.9 Å². The van der Waals surface area contributed by atoms with E-state index in [2.05, 4.69) is 0 Å². The van der Waals surface area contributed by atoms with Gasteiger partial charge in [-0.3, -0.25) is 10.1 Å². The third-order valence-corrected chi connectivity index (χ3v) is 6.06. The normalized spacial score (nSPS) is 22.1. The summed E-state index contributed by atoms with van der Waals surface area (Å²) in [5, 5.41) is 10.8. The lowest BCUT2D eigenvalue weighted by atomic mass is 10.0. The molecule has 1 aromatic carbocycles. The number of piperidine rings is 1. The van der Waals surface area contributed by atoms with Crippen molar-refractivity contribution in [2.75, 3.05) is 26.3 Å². The maximum Gasteiger partial charge on any atom is 0.270 e. The molecule has 2 saturated heterocycles. The van der Waals surface area contributed by atoms with Crippen molar-refractivity contribution in [3.05, 3.63) is 34.4 Å². The molecule has 9 heteroatoms. The van der Waals surface area contributed by atoms with Gasteiger partial charge in [-0.25, -0.2) is 8.42 Å². The van der Waals surface area contributed by atoms with E-state index in [-0.39, 0.29) is 23.7 Å².